The summed E-state index contributed by atoms with van der Waals surface area (Å²) in [6, 6.07) is 9.59. The smallest absolute Gasteiger partial charge is 0.255 e. The van der Waals surface area contributed by atoms with Crippen LogP contribution in [0.1, 0.15) is 10.4 Å². The summed E-state index contributed by atoms with van der Waals surface area (Å²) in [6.07, 6.45) is 1.17. The van der Waals surface area contributed by atoms with Crippen LogP contribution in [0, 0.1) is 0 Å². The molecule has 0 saturated carbocycles. The average Bonchev–Trinajstić information content (AvgIpc) is 2.63. The van der Waals surface area contributed by atoms with Crippen LogP contribution in [-0.4, -0.2) is 26.0 Å². The van der Waals surface area contributed by atoms with Gasteiger partial charge in [-0.1, -0.05) is 6.58 Å². The summed E-state index contributed by atoms with van der Waals surface area (Å²) >= 11 is 0. The first-order valence-corrected chi connectivity index (χ1v) is 7.34. The minimum absolute atomic E-state index is 0.323. The molecule has 2 rings (SSSR count). The number of ether oxygens (including phenoxy) is 2. The molecule has 2 aromatic carbocycles. The molecule has 2 amide bonds. The highest BCUT2D eigenvalue weighted by Gasteiger charge is 2.13. The van der Waals surface area contributed by atoms with Gasteiger partial charge in [0.25, 0.3) is 5.91 Å². The summed E-state index contributed by atoms with van der Waals surface area (Å²) in [5.74, 6) is 0.183. The van der Waals surface area contributed by atoms with E-state index in [2.05, 4.69) is 17.2 Å². The second kappa shape index (κ2) is 7.87. The fourth-order valence-corrected chi connectivity index (χ4v) is 2.11. The van der Waals surface area contributed by atoms with Crippen molar-refractivity contribution in [3.63, 3.8) is 0 Å². The molecule has 0 aliphatic rings. The highest BCUT2D eigenvalue weighted by atomic mass is 16.5. The van der Waals surface area contributed by atoms with Crippen LogP contribution in [-0.2, 0) is 4.79 Å². The second-order valence-corrected chi connectivity index (χ2v) is 5.02. The maximum Gasteiger partial charge on any atom is 0.255 e. The summed E-state index contributed by atoms with van der Waals surface area (Å²) < 4.78 is 10.4. The molecular weight excluding hydrogens is 322 g/mol. The van der Waals surface area contributed by atoms with Gasteiger partial charge in [0.15, 0.2) is 0 Å². The lowest BCUT2D eigenvalue weighted by Crippen LogP contribution is -2.13. The summed E-state index contributed by atoms with van der Waals surface area (Å²) in [5, 5.41) is 5.36. The van der Waals surface area contributed by atoms with Crippen molar-refractivity contribution >= 4 is 28.9 Å². The van der Waals surface area contributed by atoms with Crippen molar-refractivity contribution in [2.24, 2.45) is 0 Å². The van der Waals surface area contributed by atoms with Gasteiger partial charge < -0.3 is 25.8 Å². The number of carbonyl (C=O) groups is 2. The average molecular weight is 341 g/mol. The van der Waals surface area contributed by atoms with Crippen molar-refractivity contribution in [2.75, 3.05) is 30.6 Å². The van der Waals surface area contributed by atoms with Crippen LogP contribution < -0.4 is 25.8 Å². The van der Waals surface area contributed by atoms with Crippen LogP contribution in [0.4, 0.5) is 17.1 Å². The minimum atomic E-state index is -0.341. The third-order valence-corrected chi connectivity index (χ3v) is 3.40. The Balaban J connectivity index is 2.19. The number of hydrogen-bond acceptors (Lipinski definition) is 5. The molecule has 0 aliphatic carbocycles. The molecule has 2 aromatic rings. The van der Waals surface area contributed by atoms with Crippen LogP contribution in [0.2, 0.25) is 0 Å². The Labute approximate surface area is 145 Å². The standard InChI is InChI=1S/C18H19N3O4/c1-4-17(22)20-12-7-5-11(6-8-12)18(23)21-14-10-15(24-2)13(19)9-16(14)25-3/h4-10H,1,19H2,2-3H3,(H,20,22)(H,21,23). The van der Waals surface area contributed by atoms with Crippen LogP contribution in [0.25, 0.3) is 0 Å². The van der Waals surface area contributed by atoms with Gasteiger partial charge in [0.1, 0.15) is 11.5 Å². The Kier molecular flexibility index (Phi) is 5.62. The van der Waals surface area contributed by atoms with E-state index in [1.165, 1.54) is 20.3 Å². The number of hydrogen-bond donors (Lipinski definition) is 3. The highest BCUT2D eigenvalue weighted by Crippen LogP contribution is 2.34. The van der Waals surface area contributed by atoms with Crippen molar-refractivity contribution in [1.29, 1.82) is 0 Å². The van der Waals surface area contributed by atoms with E-state index in [4.69, 9.17) is 15.2 Å². The number of nitrogen functional groups attached to an aromatic ring is 1. The third kappa shape index (κ3) is 4.29. The lowest BCUT2D eigenvalue weighted by molar-refractivity contribution is -0.111. The topological polar surface area (TPSA) is 103 Å². The SMILES string of the molecule is C=CC(=O)Nc1ccc(C(=O)Nc2cc(OC)c(N)cc2OC)cc1. The first-order valence-electron chi connectivity index (χ1n) is 7.34. The largest absolute Gasteiger partial charge is 0.495 e. The van der Waals surface area contributed by atoms with Gasteiger partial charge in [-0.05, 0) is 30.3 Å². The zero-order chi connectivity index (χ0) is 18.4. The summed E-state index contributed by atoms with van der Waals surface area (Å²) in [4.78, 5) is 23.7. The molecule has 0 aliphatic heterocycles. The Morgan fingerprint density at radius 2 is 1.68 bits per heavy atom. The van der Waals surface area contributed by atoms with Crippen molar-refractivity contribution in [2.45, 2.75) is 0 Å². The number of carbonyl (C=O) groups excluding carboxylic acids is 2. The number of amides is 2. The van der Waals surface area contributed by atoms with Gasteiger partial charge >= 0.3 is 0 Å². The van der Waals surface area contributed by atoms with Gasteiger partial charge in [-0.2, -0.15) is 0 Å². The van der Waals surface area contributed by atoms with Crippen LogP contribution in [0.5, 0.6) is 11.5 Å². The molecule has 0 bridgehead atoms. The maximum atomic E-state index is 12.4. The molecule has 7 nitrogen and oxygen atoms in total. The molecule has 0 unspecified atom stereocenters. The normalized spacial score (nSPS) is 9.84. The Bertz CT molecular complexity index is 801. The molecule has 7 heteroatoms. The van der Waals surface area contributed by atoms with E-state index in [9.17, 15) is 9.59 Å². The Morgan fingerprint density at radius 3 is 2.24 bits per heavy atom. The van der Waals surface area contributed by atoms with E-state index in [0.717, 1.165) is 0 Å². The quantitative estimate of drug-likeness (QED) is 0.554. The van der Waals surface area contributed by atoms with Gasteiger partial charge in [-0.15, -0.1) is 0 Å². The Morgan fingerprint density at radius 1 is 1.04 bits per heavy atom. The van der Waals surface area contributed by atoms with Gasteiger partial charge in [0.05, 0.1) is 25.6 Å². The van der Waals surface area contributed by atoms with Crippen molar-refractivity contribution < 1.29 is 19.1 Å². The van der Waals surface area contributed by atoms with Crippen molar-refractivity contribution in [3.05, 3.63) is 54.6 Å². The predicted octanol–water partition coefficient (Wildman–Crippen LogP) is 2.66. The monoisotopic (exact) mass is 341 g/mol. The fraction of sp³-hybridized carbons (Fsp3) is 0.111. The van der Waals surface area contributed by atoms with Crippen molar-refractivity contribution in [1.82, 2.24) is 0 Å². The fourth-order valence-electron chi connectivity index (χ4n) is 2.11. The predicted molar refractivity (Wildman–Crippen MR) is 97.2 cm³/mol. The molecule has 0 fully saturated rings. The van der Waals surface area contributed by atoms with Crippen LogP contribution in [0.3, 0.4) is 0 Å². The van der Waals surface area contributed by atoms with Crippen LogP contribution >= 0.6 is 0 Å². The summed E-state index contributed by atoms with van der Waals surface area (Å²) in [5.41, 5.74) is 7.64. The lowest BCUT2D eigenvalue weighted by Gasteiger charge is -2.14. The molecule has 0 heterocycles. The first kappa shape index (κ1) is 17.9. The molecule has 0 saturated heterocycles. The van der Waals surface area contributed by atoms with E-state index in [0.29, 0.717) is 34.1 Å². The van der Waals surface area contributed by atoms with Gasteiger partial charge in [-0.25, -0.2) is 0 Å². The number of rotatable bonds is 6. The van der Waals surface area contributed by atoms with E-state index in [1.54, 1.807) is 36.4 Å². The maximum absolute atomic E-state index is 12.4. The van der Waals surface area contributed by atoms with Gasteiger partial charge in [0.2, 0.25) is 5.91 Å². The number of methoxy groups -OCH3 is 2. The second-order valence-electron chi connectivity index (χ2n) is 5.02. The van der Waals surface area contributed by atoms with E-state index in [-0.39, 0.29) is 11.8 Å². The summed E-state index contributed by atoms with van der Waals surface area (Å²) in [7, 11) is 2.97. The molecule has 4 N–H and O–H groups in total. The minimum Gasteiger partial charge on any atom is -0.495 e. The number of nitrogens with one attached hydrogen (secondary N) is 2. The number of nitrogens with two attached hydrogens (primary N) is 1. The van der Waals surface area contributed by atoms with E-state index >= 15 is 0 Å². The molecular formula is C18H19N3O4. The summed E-state index contributed by atoms with van der Waals surface area (Å²) in [6.45, 7) is 3.38. The van der Waals surface area contributed by atoms with E-state index < -0.39 is 0 Å². The molecule has 0 radical (unpaired) electrons. The third-order valence-electron chi connectivity index (χ3n) is 3.40. The first-order chi connectivity index (χ1) is 12.0. The van der Waals surface area contributed by atoms with Crippen molar-refractivity contribution in [3.8, 4) is 11.5 Å². The van der Waals surface area contributed by atoms with Crippen LogP contribution in [0.15, 0.2) is 49.1 Å². The zero-order valence-electron chi connectivity index (χ0n) is 14.0. The molecule has 0 spiro atoms. The molecule has 0 aromatic heterocycles. The Hall–Kier alpha value is -3.48. The van der Waals surface area contributed by atoms with Gasteiger partial charge in [-0.3, -0.25) is 9.59 Å². The highest BCUT2D eigenvalue weighted by molar-refractivity contribution is 6.06. The molecule has 130 valence electrons. The molecule has 0 atom stereocenters. The molecule has 25 heavy (non-hydrogen) atoms. The zero-order valence-corrected chi connectivity index (χ0v) is 14.0. The van der Waals surface area contributed by atoms with Gasteiger partial charge in [0, 0.05) is 23.4 Å². The number of benzene rings is 2. The lowest BCUT2D eigenvalue weighted by atomic mass is 10.1. The van der Waals surface area contributed by atoms with E-state index in [1.807, 2.05) is 0 Å². The number of anilines is 3.